The van der Waals surface area contributed by atoms with Crippen LogP contribution in [-0.2, 0) is 4.79 Å². The maximum atomic E-state index is 12.7. The lowest BCUT2D eigenvalue weighted by Crippen LogP contribution is -2.35. The summed E-state index contributed by atoms with van der Waals surface area (Å²) in [6.07, 6.45) is 0. The van der Waals surface area contributed by atoms with Crippen molar-refractivity contribution in [3.8, 4) is 5.75 Å². The number of carbonyl (C=O) groups excluding carboxylic acids is 2. The van der Waals surface area contributed by atoms with Crippen molar-refractivity contribution in [1.29, 1.82) is 0 Å². The molecule has 6 heteroatoms. The zero-order chi connectivity index (χ0) is 15.7. The van der Waals surface area contributed by atoms with Crippen molar-refractivity contribution in [3.63, 3.8) is 0 Å². The van der Waals surface area contributed by atoms with E-state index in [-0.39, 0.29) is 18.1 Å². The van der Waals surface area contributed by atoms with E-state index in [1.807, 2.05) is 24.3 Å². The first-order valence-corrected chi connectivity index (χ1v) is 8.34. The van der Waals surface area contributed by atoms with Gasteiger partial charge in [0.25, 0.3) is 7.28 Å². The first kappa shape index (κ1) is 15.5. The van der Waals surface area contributed by atoms with Gasteiger partial charge in [-0.05, 0) is 29.2 Å². The average Bonchev–Trinajstić information content (AvgIpc) is 2.53. The van der Waals surface area contributed by atoms with Crippen molar-refractivity contribution < 1.29 is 14.3 Å². The topological polar surface area (TPSA) is 43.4 Å². The van der Waals surface area contributed by atoms with Gasteiger partial charge in [0.05, 0.1) is 0 Å². The number of rotatable bonds is 3. The molecule has 3 rings (SSSR count). The van der Waals surface area contributed by atoms with Crippen molar-refractivity contribution in [2.75, 3.05) is 6.61 Å². The van der Waals surface area contributed by atoms with Gasteiger partial charge in [0.2, 0.25) is 0 Å². The van der Waals surface area contributed by atoms with E-state index in [0.29, 0.717) is 16.8 Å². The molecule has 1 unspecified atom stereocenters. The Morgan fingerprint density at radius 2 is 2.00 bits per heavy atom. The highest BCUT2D eigenvalue weighted by atomic mass is 79.9. The molecule has 0 aromatic heterocycles. The Labute approximate surface area is 145 Å². The molecule has 0 aliphatic carbocycles. The minimum Gasteiger partial charge on any atom is -0.487 e. The normalized spacial score (nSPS) is 14.5. The lowest BCUT2D eigenvalue weighted by molar-refractivity contribution is -0.114. The highest BCUT2D eigenvalue weighted by Crippen LogP contribution is 2.32. The van der Waals surface area contributed by atoms with Crippen LogP contribution < -0.4 is 10.2 Å². The minimum absolute atomic E-state index is 0.0539. The molecule has 1 aliphatic rings. The molecule has 0 fully saturated rings. The summed E-state index contributed by atoms with van der Waals surface area (Å²) in [7, 11) is 1.51. The van der Waals surface area contributed by atoms with E-state index in [1.54, 1.807) is 18.2 Å². The summed E-state index contributed by atoms with van der Waals surface area (Å²) < 4.78 is 6.19. The summed E-state index contributed by atoms with van der Waals surface area (Å²) in [5.41, 5.74) is 1.94. The predicted molar refractivity (Wildman–Crippen MR) is 92.5 cm³/mol. The zero-order valence-corrected chi connectivity index (χ0v) is 14.6. The van der Waals surface area contributed by atoms with E-state index in [1.165, 1.54) is 7.28 Å². The number of hydrogen-bond acceptors (Lipinski definition) is 3. The van der Waals surface area contributed by atoms with Crippen LogP contribution in [0.2, 0.25) is 0 Å². The van der Waals surface area contributed by atoms with E-state index in [9.17, 15) is 9.59 Å². The molecule has 1 radical (unpaired) electrons. The SMILES string of the molecule is O=C1[B]c2cc(C(=O)C(Br)c3ccccc3Br)ccc2OC1. The van der Waals surface area contributed by atoms with Crippen LogP contribution >= 0.6 is 31.9 Å². The van der Waals surface area contributed by atoms with Crippen molar-refractivity contribution in [1.82, 2.24) is 0 Å². The minimum atomic E-state index is -0.457. The van der Waals surface area contributed by atoms with Crippen LogP contribution in [0, 0.1) is 0 Å². The first-order valence-electron chi connectivity index (χ1n) is 6.63. The fraction of sp³-hybridized carbons (Fsp3) is 0.125. The van der Waals surface area contributed by atoms with E-state index in [4.69, 9.17) is 4.74 Å². The molecular weight excluding hydrogens is 411 g/mol. The van der Waals surface area contributed by atoms with Crippen LogP contribution in [0.15, 0.2) is 46.9 Å². The number of hydrogen-bond donors (Lipinski definition) is 0. The predicted octanol–water partition coefficient (Wildman–Crippen LogP) is 3.02. The van der Waals surface area contributed by atoms with E-state index in [2.05, 4.69) is 31.9 Å². The van der Waals surface area contributed by atoms with Gasteiger partial charge >= 0.3 is 0 Å². The summed E-state index contributed by atoms with van der Waals surface area (Å²) in [5.74, 6) is 0.560. The van der Waals surface area contributed by atoms with Gasteiger partial charge in [0.15, 0.2) is 5.78 Å². The quantitative estimate of drug-likeness (QED) is 0.435. The summed E-state index contributed by atoms with van der Waals surface area (Å²) in [4.78, 5) is 23.6. The third kappa shape index (κ3) is 3.03. The number of ether oxygens (including phenoxy) is 1. The molecule has 2 aromatic rings. The van der Waals surface area contributed by atoms with Crippen molar-refractivity contribution in [3.05, 3.63) is 58.1 Å². The van der Waals surface area contributed by atoms with Gasteiger partial charge < -0.3 is 9.53 Å². The van der Waals surface area contributed by atoms with Crippen molar-refractivity contribution in [2.24, 2.45) is 0 Å². The molecule has 0 N–H and O–H groups in total. The average molecular weight is 421 g/mol. The first-order chi connectivity index (χ1) is 10.6. The second-order valence-corrected chi connectivity index (χ2v) is 6.67. The lowest BCUT2D eigenvalue weighted by Gasteiger charge is -2.17. The molecule has 0 amide bonds. The smallest absolute Gasteiger partial charge is 0.250 e. The number of benzene rings is 2. The van der Waals surface area contributed by atoms with E-state index in [0.717, 1.165) is 10.0 Å². The molecule has 2 aromatic carbocycles. The molecule has 3 nitrogen and oxygen atoms in total. The van der Waals surface area contributed by atoms with Gasteiger partial charge in [-0.15, -0.1) is 0 Å². The highest BCUT2D eigenvalue weighted by molar-refractivity contribution is 9.11. The molecule has 0 saturated heterocycles. The molecule has 1 heterocycles. The largest absolute Gasteiger partial charge is 0.487 e. The van der Waals surface area contributed by atoms with Crippen LogP contribution in [0.5, 0.6) is 5.75 Å². The van der Waals surface area contributed by atoms with Gasteiger partial charge in [-0.2, -0.15) is 0 Å². The molecule has 22 heavy (non-hydrogen) atoms. The summed E-state index contributed by atoms with van der Waals surface area (Å²) in [5, 5.41) is 0. The van der Waals surface area contributed by atoms with E-state index >= 15 is 0 Å². The Kier molecular flexibility index (Phi) is 4.50. The second-order valence-electron chi connectivity index (χ2n) is 4.90. The third-order valence-corrected chi connectivity index (χ3v) is 5.02. The molecule has 0 saturated carbocycles. The van der Waals surface area contributed by atoms with Crippen LogP contribution in [-0.4, -0.2) is 25.4 Å². The van der Waals surface area contributed by atoms with Crippen LogP contribution in [0.25, 0.3) is 0 Å². The number of ketones is 1. The number of carbonyl (C=O) groups is 2. The summed E-state index contributed by atoms with van der Waals surface area (Å²) in [6.45, 7) is 0.0539. The highest BCUT2D eigenvalue weighted by Gasteiger charge is 2.24. The summed E-state index contributed by atoms with van der Waals surface area (Å²) >= 11 is 6.91. The maximum Gasteiger partial charge on any atom is 0.250 e. The Morgan fingerprint density at radius 1 is 1.23 bits per heavy atom. The van der Waals surface area contributed by atoms with Gasteiger partial charge in [-0.1, -0.05) is 56.1 Å². The Bertz CT molecular complexity index is 761. The standard InChI is InChI=1S/C16H10BBr2O3/c18-12-4-2-1-3-10(12)15(19)16(21)9-5-6-13-11(7-9)17-14(20)8-22-13/h1-7,15H,8H2. The molecule has 1 atom stereocenters. The van der Waals surface area contributed by atoms with E-state index < -0.39 is 4.83 Å². The van der Waals surface area contributed by atoms with Crippen LogP contribution in [0.4, 0.5) is 0 Å². The van der Waals surface area contributed by atoms with Gasteiger partial charge in [-0.3, -0.25) is 4.79 Å². The Balaban J connectivity index is 1.91. The Hall–Kier alpha value is -1.40. The molecule has 109 valence electrons. The monoisotopic (exact) mass is 419 g/mol. The summed E-state index contributed by atoms with van der Waals surface area (Å²) in [6, 6.07) is 12.7. The van der Waals surface area contributed by atoms with Crippen LogP contribution in [0.3, 0.4) is 0 Å². The van der Waals surface area contributed by atoms with Gasteiger partial charge in [0.1, 0.15) is 22.9 Å². The lowest BCUT2D eigenvalue weighted by atomic mass is 9.64. The second kappa shape index (κ2) is 6.38. The Morgan fingerprint density at radius 3 is 2.77 bits per heavy atom. The number of fused-ring (bicyclic) bond motifs is 1. The third-order valence-electron chi connectivity index (χ3n) is 3.39. The molecule has 0 spiro atoms. The number of alkyl halides is 1. The molecular formula is C16H10BBr2O3. The fourth-order valence-electron chi connectivity index (χ4n) is 2.28. The molecule has 0 bridgehead atoms. The fourth-order valence-corrected chi connectivity index (χ4v) is 3.76. The van der Waals surface area contributed by atoms with Gasteiger partial charge in [-0.25, -0.2) is 0 Å². The maximum absolute atomic E-state index is 12.7. The number of halogens is 2. The molecule has 1 aliphatic heterocycles. The van der Waals surface area contributed by atoms with Crippen molar-refractivity contribution in [2.45, 2.75) is 4.83 Å². The zero-order valence-electron chi connectivity index (χ0n) is 11.4. The van der Waals surface area contributed by atoms with Gasteiger partial charge in [0, 0.05) is 10.0 Å². The number of Topliss-reactive ketones (excluding diaryl/α,β-unsaturated/α-hetero) is 1. The van der Waals surface area contributed by atoms with Crippen LogP contribution in [0.1, 0.15) is 20.7 Å². The van der Waals surface area contributed by atoms with Crippen molar-refractivity contribution >= 4 is 56.1 Å².